The van der Waals surface area contributed by atoms with Gasteiger partial charge in [-0.2, -0.15) is 0 Å². The molecule has 1 saturated carbocycles. The third kappa shape index (κ3) is 0.944. The van der Waals surface area contributed by atoms with Crippen molar-refractivity contribution in [2.24, 2.45) is 0 Å². The lowest BCUT2D eigenvalue weighted by Crippen LogP contribution is -2.72. The van der Waals surface area contributed by atoms with Gasteiger partial charge in [-0.25, -0.2) is 0 Å². The zero-order valence-corrected chi connectivity index (χ0v) is 6.99. The third-order valence-corrected chi connectivity index (χ3v) is 2.66. The summed E-state index contributed by atoms with van der Waals surface area (Å²) in [4.78, 5) is 0. The van der Waals surface area contributed by atoms with E-state index >= 15 is 0 Å². The van der Waals surface area contributed by atoms with Crippen molar-refractivity contribution in [3.8, 4) is 0 Å². The van der Waals surface area contributed by atoms with Crippen LogP contribution in [0.15, 0.2) is 0 Å². The van der Waals surface area contributed by atoms with Crippen molar-refractivity contribution >= 4 is 0 Å². The highest BCUT2D eigenvalue weighted by atomic mass is 15.2. The summed E-state index contributed by atoms with van der Waals surface area (Å²) in [6, 6.07) is 0.586. The predicted octanol–water partition coefficient (Wildman–Crippen LogP) is -0.497. The number of nitrogens with one attached hydrogen (secondary N) is 3. The molecule has 0 bridgehead atoms. The minimum Gasteiger partial charge on any atom is -0.314 e. The van der Waals surface area contributed by atoms with Crippen LogP contribution in [0.25, 0.3) is 0 Å². The number of rotatable bonds is 3. The molecule has 3 nitrogen and oxygen atoms in total. The summed E-state index contributed by atoms with van der Waals surface area (Å²) in [5.74, 6) is 0. The second kappa shape index (κ2) is 2.86. The highest BCUT2D eigenvalue weighted by Gasteiger charge is 2.43. The summed E-state index contributed by atoms with van der Waals surface area (Å²) in [6.07, 6.45) is 2.48. The molecular formula is C7H17N3. The Morgan fingerprint density at radius 1 is 1.20 bits per heavy atom. The number of hydrogen-bond donors (Lipinski definition) is 3. The predicted molar refractivity (Wildman–Crippen MR) is 42.9 cm³/mol. The van der Waals surface area contributed by atoms with Gasteiger partial charge in [0.1, 0.15) is 0 Å². The molecule has 1 aliphatic carbocycles. The number of likely N-dealkylation sites (N-methyl/N-ethyl adjacent to an activating group) is 3. The van der Waals surface area contributed by atoms with Crippen LogP contribution in [0.2, 0.25) is 0 Å². The van der Waals surface area contributed by atoms with Crippen molar-refractivity contribution in [1.82, 2.24) is 16.0 Å². The second-order valence-corrected chi connectivity index (χ2v) is 2.85. The van der Waals surface area contributed by atoms with Crippen LogP contribution in [-0.4, -0.2) is 32.8 Å². The van der Waals surface area contributed by atoms with Crippen LogP contribution in [0.3, 0.4) is 0 Å². The van der Waals surface area contributed by atoms with Gasteiger partial charge in [-0.1, -0.05) is 0 Å². The molecule has 0 saturated heterocycles. The molecule has 10 heavy (non-hydrogen) atoms. The molecule has 0 aromatic heterocycles. The summed E-state index contributed by atoms with van der Waals surface area (Å²) in [5, 5.41) is 9.85. The molecule has 1 unspecified atom stereocenters. The minimum absolute atomic E-state index is 0.161. The van der Waals surface area contributed by atoms with Crippen molar-refractivity contribution < 1.29 is 0 Å². The van der Waals surface area contributed by atoms with Gasteiger partial charge in [0.2, 0.25) is 0 Å². The van der Waals surface area contributed by atoms with Crippen LogP contribution in [0.4, 0.5) is 0 Å². The van der Waals surface area contributed by atoms with Crippen molar-refractivity contribution in [2.75, 3.05) is 21.1 Å². The lowest BCUT2D eigenvalue weighted by atomic mass is 9.79. The highest BCUT2D eigenvalue weighted by Crippen LogP contribution is 2.28. The lowest BCUT2D eigenvalue weighted by molar-refractivity contribution is 0.101. The quantitative estimate of drug-likeness (QED) is 0.466. The van der Waals surface area contributed by atoms with E-state index in [-0.39, 0.29) is 5.66 Å². The van der Waals surface area contributed by atoms with Gasteiger partial charge < -0.3 is 16.0 Å². The van der Waals surface area contributed by atoms with E-state index < -0.39 is 0 Å². The molecule has 0 radical (unpaired) electrons. The van der Waals surface area contributed by atoms with Crippen LogP contribution >= 0.6 is 0 Å². The van der Waals surface area contributed by atoms with Crippen molar-refractivity contribution in [2.45, 2.75) is 24.5 Å². The Labute approximate surface area is 62.6 Å². The molecule has 1 fully saturated rings. The van der Waals surface area contributed by atoms with E-state index in [0.717, 1.165) is 0 Å². The maximum absolute atomic E-state index is 3.29. The van der Waals surface area contributed by atoms with Crippen molar-refractivity contribution in [3.63, 3.8) is 0 Å². The molecular weight excluding hydrogens is 126 g/mol. The Morgan fingerprint density at radius 2 is 1.80 bits per heavy atom. The van der Waals surface area contributed by atoms with Gasteiger partial charge in [-0.15, -0.1) is 0 Å². The van der Waals surface area contributed by atoms with Crippen molar-refractivity contribution in [3.05, 3.63) is 0 Å². The minimum atomic E-state index is 0.161. The molecule has 0 aromatic rings. The van der Waals surface area contributed by atoms with E-state index in [4.69, 9.17) is 0 Å². The maximum Gasteiger partial charge on any atom is 0.0840 e. The number of hydrogen-bond acceptors (Lipinski definition) is 3. The monoisotopic (exact) mass is 143 g/mol. The smallest absolute Gasteiger partial charge is 0.0840 e. The van der Waals surface area contributed by atoms with Gasteiger partial charge in [-0.3, -0.25) is 0 Å². The molecule has 60 valence electrons. The molecule has 0 spiro atoms. The zero-order valence-electron chi connectivity index (χ0n) is 6.99. The lowest BCUT2D eigenvalue weighted by Gasteiger charge is -2.49. The SMILES string of the molecule is CNC1CCC1(NC)NC. The molecule has 3 N–H and O–H groups in total. The highest BCUT2D eigenvalue weighted by molar-refractivity contribution is 5.03. The summed E-state index contributed by atoms with van der Waals surface area (Å²) in [7, 11) is 6.01. The summed E-state index contributed by atoms with van der Waals surface area (Å²) in [5.41, 5.74) is 0.161. The standard InChI is InChI=1S/C7H17N3/c1-8-6-4-5-7(6,9-2)10-3/h6,8-10H,4-5H2,1-3H3. The maximum atomic E-state index is 3.29. The van der Waals surface area contributed by atoms with Gasteiger partial charge in [0.15, 0.2) is 0 Å². The first-order valence-corrected chi connectivity index (χ1v) is 3.84. The van der Waals surface area contributed by atoms with E-state index in [1.54, 1.807) is 0 Å². The Kier molecular flexibility index (Phi) is 2.28. The molecule has 0 aromatic carbocycles. The largest absolute Gasteiger partial charge is 0.314 e. The second-order valence-electron chi connectivity index (χ2n) is 2.85. The average molecular weight is 143 g/mol. The molecule has 1 atom stereocenters. The van der Waals surface area contributed by atoms with Crippen LogP contribution < -0.4 is 16.0 Å². The molecule has 0 heterocycles. The average Bonchev–Trinajstić information content (AvgIpc) is 1.90. The van der Waals surface area contributed by atoms with Gasteiger partial charge in [0, 0.05) is 6.04 Å². The first kappa shape index (κ1) is 7.98. The van der Waals surface area contributed by atoms with Crippen LogP contribution in [0.5, 0.6) is 0 Å². The van der Waals surface area contributed by atoms with E-state index in [1.165, 1.54) is 12.8 Å². The Morgan fingerprint density at radius 3 is 1.90 bits per heavy atom. The zero-order chi connectivity index (χ0) is 7.61. The van der Waals surface area contributed by atoms with Crippen LogP contribution in [-0.2, 0) is 0 Å². The molecule has 3 heteroatoms. The Bertz CT molecular complexity index is 102. The van der Waals surface area contributed by atoms with E-state index in [9.17, 15) is 0 Å². The topological polar surface area (TPSA) is 36.1 Å². The Hall–Kier alpha value is -0.120. The third-order valence-electron chi connectivity index (χ3n) is 2.66. The van der Waals surface area contributed by atoms with E-state index in [0.29, 0.717) is 6.04 Å². The fourth-order valence-electron chi connectivity index (χ4n) is 1.69. The first-order valence-electron chi connectivity index (χ1n) is 3.84. The van der Waals surface area contributed by atoms with Gasteiger partial charge in [0.25, 0.3) is 0 Å². The normalized spacial score (nSPS) is 29.7. The van der Waals surface area contributed by atoms with Crippen LogP contribution in [0.1, 0.15) is 12.8 Å². The van der Waals surface area contributed by atoms with Crippen LogP contribution in [0, 0.1) is 0 Å². The summed E-state index contributed by atoms with van der Waals surface area (Å²) < 4.78 is 0. The fraction of sp³-hybridized carbons (Fsp3) is 1.00. The molecule has 1 aliphatic rings. The molecule has 1 rings (SSSR count). The van der Waals surface area contributed by atoms with Gasteiger partial charge in [-0.05, 0) is 34.0 Å². The van der Waals surface area contributed by atoms with Gasteiger partial charge >= 0.3 is 0 Å². The van der Waals surface area contributed by atoms with E-state index in [1.807, 2.05) is 21.1 Å². The fourth-order valence-corrected chi connectivity index (χ4v) is 1.69. The Balaban J connectivity index is 2.48. The molecule has 0 aliphatic heterocycles. The summed E-state index contributed by atoms with van der Waals surface area (Å²) >= 11 is 0. The van der Waals surface area contributed by atoms with Crippen molar-refractivity contribution in [1.29, 1.82) is 0 Å². The first-order chi connectivity index (χ1) is 4.79. The van der Waals surface area contributed by atoms with Gasteiger partial charge in [0.05, 0.1) is 5.66 Å². The van der Waals surface area contributed by atoms with E-state index in [2.05, 4.69) is 16.0 Å². The summed E-state index contributed by atoms with van der Waals surface area (Å²) in [6.45, 7) is 0. The molecule has 0 amide bonds.